The van der Waals surface area contributed by atoms with Gasteiger partial charge in [-0.2, -0.15) is 0 Å². The van der Waals surface area contributed by atoms with E-state index < -0.39 is 61.1 Å². The molecule has 0 aliphatic carbocycles. The van der Waals surface area contributed by atoms with E-state index >= 15 is 0 Å². The van der Waals surface area contributed by atoms with Gasteiger partial charge in [0.25, 0.3) is 5.79 Å². The zero-order valence-electron chi connectivity index (χ0n) is 14.3. The van der Waals surface area contributed by atoms with Crippen molar-refractivity contribution in [3.05, 3.63) is 35.9 Å². The van der Waals surface area contributed by atoms with Crippen molar-refractivity contribution in [2.45, 2.75) is 49.1 Å². The van der Waals surface area contributed by atoms with E-state index in [9.17, 15) is 30.0 Å². The highest BCUT2D eigenvalue weighted by atomic mass is 16.7. The van der Waals surface area contributed by atoms with Crippen molar-refractivity contribution in [3.8, 4) is 0 Å². The van der Waals surface area contributed by atoms with Gasteiger partial charge >= 0.3 is 5.97 Å². The largest absolute Gasteiger partial charge is 0.477 e. The first-order chi connectivity index (χ1) is 12.7. The zero-order valence-corrected chi connectivity index (χ0v) is 14.3. The number of ether oxygens (including phenoxy) is 1. The quantitative estimate of drug-likeness (QED) is 0.264. The number of benzene rings is 1. The van der Waals surface area contributed by atoms with Crippen LogP contribution in [0.2, 0.25) is 0 Å². The Bertz CT molecular complexity index is 655. The van der Waals surface area contributed by atoms with Crippen LogP contribution in [0, 0.1) is 0 Å². The lowest BCUT2D eigenvalue weighted by Crippen LogP contribution is -2.67. The molecular weight excluding hydrogens is 362 g/mol. The predicted molar refractivity (Wildman–Crippen MR) is 89.3 cm³/mol. The van der Waals surface area contributed by atoms with Gasteiger partial charge < -0.3 is 40.7 Å². The summed E-state index contributed by atoms with van der Waals surface area (Å²) in [7, 11) is 0. The Kier molecular flexibility index (Phi) is 6.87. The second kappa shape index (κ2) is 8.74. The number of carbonyl (C=O) groups is 2. The highest BCUT2D eigenvalue weighted by Gasteiger charge is 2.53. The Morgan fingerprint density at radius 1 is 1.26 bits per heavy atom. The summed E-state index contributed by atoms with van der Waals surface area (Å²) in [6.07, 6.45) is -7.72. The molecule has 150 valence electrons. The Labute approximate surface area is 154 Å². The average Bonchev–Trinajstić information content (AvgIpc) is 2.63. The van der Waals surface area contributed by atoms with Gasteiger partial charge in [-0.05, 0) is 5.56 Å². The summed E-state index contributed by atoms with van der Waals surface area (Å²) < 4.78 is 5.01. The lowest BCUT2D eigenvalue weighted by molar-refractivity contribution is -0.295. The fraction of sp³-hybridized carbons (Fsp3) is 0.529. The van der Waals surface area contributed by atoms with Crippen molar-refractivity contribution in [2.75, 3.05) is 6.61 Å². The fourth-order valence-electron chi connectivity index (χ4n) is 2.92. The Morgan fingerprint density at radius 2 is 1.89 bits per heavy atom. The van der Waals surface area contributed by atoms with E-state index in [-0.39, 0.29) is 6.42 Å². The summed E-state index contributed by atoms with van der Waals surface area (Å²) in [4.78, 5) is 23.5. The van der Waals surface area contributed by atoms with Crippen molar-refractivity contribution in [1.29, 1.82) is 0 Å². The van der Waals surface area contributed by atoms with Crippen LogP contribution in [0.3, 0.4) is 0 Å². The molecule has 27 heavy (non-hydrogen) atoms. The molecule has 1 aliphatic heterocycles. The molecular formula is C17H23NO9. The number of carboxylic acid groups (broad SMARTS) is 1. The van der Waals surface area contributed by atoms with Crippen LogP contribution < -0.4 is 5.32 Å². The number of aliphatic hydroxyl groups is 5. The summed E-state index contributed by atoms with van der Waals surface area (Å²) in [5.41, 5.74) is 0.677. The monoisotopic (exact) mass is 385 g/mol. The Hall–Kier alpha value is -2.08. The first-order valence-electron chi connectivity index (χ1n) is 8.30. The lowest BCUT2D eigenvalue weighted by Gasteiger charge is -2.44. The summed E-state index contributed by atoms with van der Waals surface area (Å²) in [5.74, 6) is -5.17. The molecule has 2 rings (SSSR count). The minimum atomic E-state index is -2.82. The number of hydrogen-bond acceptors (Lipinski definition) is 8. The van der Waals surface area contributed by atoms with Crippen LogP contribution >= 0.6 is 0 Å². The van der Waals surface area contributed by atoms with E-state index in [2.05, 4.69) is 5.32 Å². The van der Waals surface area contributed by atoms with Gasteiger partial charge in [0.2, 0.25) is 5.91 Å². The predicted octanol–water partition coefficient (Wildman–Crippen LogP) is -2.65. The van der Waals surface area contributed by atoms with Crippen LogP contribution in [-0.4, -0.2) is 85.4 Å². The van der Waals surface area contributed by atoms with Crippen molar-refractivity contribution < 1.29 is 45.0 Å². The zero-order chi connectivity index (χ0) is 20.2. The molecule has 0 spiro atoms. The summed E-state index contributed by atoms with van der Waals surface area (Å²) in [6, 6.07) is 7.33. The van der Waals surface area contributed by atoms with Gasteiger partial charge in [0.1, 0.15) is 18.3 Å². The minimum absolute atomic E-state index is 0.0569. The Balaban J connectivity index is 2.19. The molecule has 10 nitrogen and oxygen atoms in total. The van der Waals surface area contributed by atoms with E-state index in [0.29, 0.717) is 5.56 Å². The van der Waals surface area contributed by atoms with Gasteiger partial charge in [0.05, 0.1) is 25.2 Å². The second-order valence-corrected chi connectivity index (χ2v) is 6.44. The maximum Gasteiger partial charge on any atom is 0.364 e. The molecule has 1 fully saturated rings. The maximum absolute atomic E-state index is 12.3. The van der Waals surface area contributed by atoms with Crippen molar-refractivity contribution >= 4 is 11.9 Å². The number of hydrogen-bond donors (Lipinski definition) is 7. The molecule has 0 unspecified atom stereocenters. The number of carboxylic acids is 1. The van der Waals surface area contributed by atoms with Crippen LogP contribution in [0.4, 0.5) is 0 Å². The number of nitrogens with one attached hydrogen (secondary N) is 1. The van der Waals surface area contributed by atoms with Crippen molar-refractivity contribution in [3.63, 3.8) is 0 Å². The van der Waals surface area contributed by atoms with Crippen LogP contribution in [0.15, 0.2) is 30.3 Å². The lowest BCUT2D eigenvalue weighted by atomic mass is 9.88. The van der Waals surface area contributed by atoms with Gasteiger partial charge in [0, 0.05) is 6.42 Å². The van der Waals surface area contributed by atoms with Crippen molar-refractivity contribution in [1.82, 2.24) is 5.32 Å². The van der Waals surface area contributed by atoms with Crippen LogP contribution in [0.1, 0.15) is 12.0 Å². The molecule has 6 atom stereocenters. The summed E-state index contributed by atoms with van der Waals surface area (Å²) in [6.45, 7) is -0.882. The number of amides is 1. The molecule has 0 radical (unpaired) electrons. The molecule has 1 aromatic carbocycles. The fourth-order valence-corrected chi connectivity index (χ4v) is 2.92. The highest BCUT2D eigenvalue weighted by molar-refractivity contribution is 5.79. The van der Waals surface area contributed by atoms with E-state index in [1.165, 1.54) is 0 Å². The molecule has 1 amide bonds. The molecule has 10 heteroatoms. The topological polar surface area (TPSA) is 177 Å². The summed E-state index contributed by atoms with van der Waals surface area (Å²) >= 11 is 0. The third-order valence-electron chi connectivity index (χ3n) is 4.37. The van der Waals surface area contributed by atoms with E-state index in [1.807, 2.05) is 0 Å². The molecule has 1 heterocycles. The SMILES string of the molecule is O=C(Cc1ccccc1)N[C@H]1[C@H]([C@H](O)[C@H](O)CO)O[C@@](O)(C(=O)O)C[C@@H]1O. The normalized spacial score (nSPS) is 30.3. The number of rotatable bonds is 7. The molecule has 0 aromatic heterocycles. The molecule has 1 aromatic rings. The summed E-state index contributed by atoms with van der Waals surface area (Å²) in [5, 5.41) is 60.7. The van der Waals surface area contributed by atoms with Gasteiger partial charge in [-0.1, -0.05) is 30.3 Å². The van der Waals surface area contributed by atoms with Gasteiger partial charge in [-0.15, -0.1) is 0 Å². The molecule has 7 N–H and O–H groups in total. The standard InChI is InChI=1S/C17H23NO9/c19-8-11(21)14(23)15-13(10(20)7-17(26,27-15)16(24)25)18-12(22)6-9-4-2-1-3-5-9/h1-5,10-11,13-15,19-21,23,26H,6-8H2,(H,18,22)(H,24,25)/t10-,11+,13+,14+,15+,17+/m0/s1. The molecule has 0 saturated carbocycles. The third-order valence-corrected chi connectivity index (χ3v) is 4.37. The van der Waals surface area contributed by atoms with Crippen LogP contribution in [0.5, 0.6) is 0 Å². The smallest absolute Gasteiger partial charge is 0.364 e. The Morgan fingerprint density at radius 3 is 2.44 bits per heavy atom. The average molecular weight is 385 g/mol. The van der Waals surface area contributed by atoms with E-state index in [1.54, 1.807) is 30.3 Å². The highest BCUT2D eigenvalue weighted by Crippen LogP contribution is 2.30. The molecule has 0 bridgehead atoms. The van der Waals surface area contributed by atoms with E-state index in [4.69, 9.17) is 14.9 Å². The third kappa shape index (κ3) is 5.01. The number of aliphatic carboxylic acids is 1. The molecule has 1 aliphatic rings. The first kappa shape index (κ1) is 21.2. The van der Waals surface area contributed by atoms with Gasteiger partial charge in [0.15, 0.2) is 0 Å². The number of carbonyl (C=O) groups excluding carboxylic acids is 1. The second-order valence-electron chi connectivity index (χ2n) is 6.44. The van der Waals surface area contributed by atoms with Gasteiger partial charge in [-0.3, -0.25) is 4.79 Å². The molecule has 1 saturated heterocycles. The minimum Gasteiger partial charge on any atom is -0.477 e. The maximum atomic E-state index is 12.3. The van der Waals surface area contributed by atoms with Crippen molar-refractivity contribution in [2.24, 2.45) is 0 Å². The van der Waals surface area contributed by atoms with E-state index in [0.717, 1.165) is 0 Å². The van der Waals surface area contributed by atoms with Gasteiger partial charge in [-0.25, -0.2) is 4.79 Å². The van der Waals surface area contributed by atoms with Crippen LogP contribution in [-0.2, 0) is 20.7 Å². The first-order valence-corrected chi connectivity index (χ1v) is 8.30. The van der Waals surface area contributed by atoms with Crippen LogP contribution in [0.25, 0.3) is 0 Å². The number of aliphatic hydroxyl groups excluding tert-OH is 4.